The number of carboxylic acids is 1. The summed E-state index contributed by atoms with van der Waals surface area (Å²) in [5, 5.41) is 12.1. The zero-order valence-electron chi connectivity index (χ0n) is 12.6. The van der Waals surface area contributed by atoms with Crippen molar-refractivity contribution in [2.45, 2.75) is 45.2 Å². The summed E-state index contributed by atoms with van der Waals surface area (Å²) in [6, 6.07) is 0.829. The van der Waals surface area contributed by atoms with Crippen LogP contribution in [-0.2, 0) is 4.79 Å². The van der Waals surface area contributed by atoms with Gasteiger partial charge in [0.15, 0.2) is 0 Å². The number of urea groups is 1. The van der Waals surface area contributed by atoms with Crippen LogP contribution < -0.4 is 5.32 Å². The fourth-order valence-electron chi connectivity index (χ4n) is 2.64. The molecule has 2 fully saturated rings. The highest BCUT2D eigenvalue weighted by atomic mass is 16.4. The molecule has 2 rings (SSSR count). The van der Waals surface area contributed by atoms with Crippen molar-refractivity contribution in [3.63, 3.8) is 0 Å². The molecule has 1 aliphatic heterocycles. The summed E-state index contributed by atoms with van der Waals surface area (Å²) in [5.74, 6) is -0.824. The molecule has 0 radical (unpaired) electrons. The molecule has 2 unspecified atom stereocenters. The van der Waals surface area contributed by atoms with Crippen LogP contribution >= 0.6 is 0 Å². The molecule has 1 aliphatic carbocycles. The Morgan fingerprint density at radius 1 is 1.50 bits per heavy atom. The Morgan fingerprint density at radius 3 is 2.65 bits per heavy atom. The number of nitrogens with one attached hydrogen (secondary N) is 1. The third-order valence-corrected chi connectivity index (χ3v) is 4.64. The van der Waals surface area contributed by atoms with E-state index < -0.39 is 11.4 Å². The Morgan fingerprint density at radius 2 is 2.15 bits per heavy atom. The highest BCUT2D eigenvalue weighted by molar-refractivity contribution is 5.79. The van der Waals surface area contributed by atoms with Crippen molar-refractivity contribution in [2.24, 2.45) is 5.41 Å². The molecule has 1 saturated heterocycles. The monoisotopic (exact) mass is 283 g/mol. The van der Waals surface area contributed by atoms with Crippen LogP contribution in [0.1, 0.15) is 33.1 Å². The first kappa shape index (κ1) is 15.1. The van der Waals surface area contributed by atoms with Gasteiger partial charge in [-0.3, -0.25) is 9.69 Å². The Kier molecular flexibility index (Phi) is 4.22. The maximum Gasteiger partial charge on any atom is 0.317 e. The fraction of sp³-hybridized carbons (Fsp3) is 0.857. The minimum atomic E-state index is -0.824. The van der Waals surface area contributed by atoms with Crippen LogP contribution in [0.15, 0.2) is 0 Å². The quantitative estimate of drug-likeness (QED) is 0.789. The fourth-order valence-corrected chi connectivity index (χ4v) is 2.64. The van der Waals surface area contributed by atoms with E-state index in [1.807, 2.05) is 0 Å². The van der Waals surface area contributed by atoms with Crippen LogP contribution in [0.25, 0.3) is 0 Å². The third-order valence-electron chi connectivity index (χ3n) is 4.64. The Labute approximate surface area is 120 Å². The molecule has 1 heterocycles. The summed E-state index contributed by atoms with van der Waals surface area (Å²) in [5.41, 5.74) is -0.798. The molecule has 0 aromatic carbocycles. The van der Waals surface area contributed by atoms with Gasteiger partial charge in [-0.15, -0.1) is 0 Å². The highest BCUT2D eigenvalue weighted by Crippen LogP contribution is 2.30. The Hall–Kier alpha value is -1.30. The van der Waals surface area contributed by atoms with Crippen molar-refractivity contribution in [3.8, 4) is 0 Å². The molecular formula is C14H25N3O3. The number of hydrogen-bond acceptors (Lipinski definition) is 3. The zero-order chi connectivity index (χ0) is 14.9. The van der Waals surface area contributed by atoms with Gasteiger partial charge in [0, 0.05) is 31.7 Å². The number of likely N-dealkylation sites (N-methyl/N-ethyl adjacent to an activating group) is 1. The summed E-state index contributed by atoms with van der Waals surface area (Å²) in [4.78, 5) is 27.1. The van der Waals surface area contributed by atoms with Crippen LogP contribution in [0.5, 0.6) is 0 Å². The summed E-state index contributed by atoms with van der Waals surface area (Å²) in [6.45, 7) is 5.21. The van der Waals surface area contributed by atoms with E-state index in [0.717, 1.165) is 0 Å². The third kappa shape index (κ3) is 3.23. The molecule has 2 aliphatic rings. The van der Waals surface area contributed by atoms with Crippen molar-refractivity contribution >= 4 is 12.0 Å². The van der Waals surface area contributed by atoms with E-state index in [1.165, 1.54) is 12.8 Å². The van der Waals surface area contributed by atoms with Crippen molar-refractivity contribution in [1.29, 1.82) is 0 Å². The summed E-state index contributed by atoms with van der Waals surface area (Å²) in [6.07, 6.45) is 3.02. The van der Waals surface area contributed by atoms with Crippen molar-refractivity contribution in [3.05, 3.63) is 0 Å². The maximum absolute atomic E-state index is 12.1. The molecule has 114 valence electrons. The van der Waals surface area contributed by atoms with Gasteiger partial charge >= 0.3 is 12.0 Å². The van der Waals surface area contributed by atoms with E-state index in [0.29, 0.717) is 38.1 Å². The highest BCUT2D eigenvalue weighted by Gasteiger charge is 2.42. The molecule has 20 heavy (non-hydrogen) atoms. The smallest absolute Gasteiger partial charge is 0.317 e. The number of amides is 2. The molecule has 0 bridgehead atoms. The molecule has 2 atom stereocenters. The second-order valence-corrected chi connectivity index (χ2v) is 6.47. The predicted octanol–water partition coefficient (Wildman–Crippen LogP) is 0.975. The first-order valence-electron chi connectivity index (χ1n) is 7.31. The number of aliphatic carboxylic acids is 1. The van der Waals surface area contributed by atoms with Crippen LogP contribution in [0.4, 0.5) is 4.79 Å². The lowest BCUT2D eigenvalue weighted by Crippen LogP contribution is -2.46. The second-order valence-electron chi connectivity index (χ2n) is 6.47. The van der Waals surface area contributed by atoms with Crippen molar-refractivity contribution in [2.75, 3.05) is 26.7 Å². The number of carbonyl (C=O) groups excluding carboxylic acids is 1. The van der Waals surface area contributed by atoms with Gasteiger partial charge in [0.05, 0.1) is 5.41 Å². The van der Waals surface area contributed by atoms with Crippen LogP contribution in [-0.4, -0.2) is 65.7 Å². The van der Waals surface area contributed by atoms with Crippen LogP contribution in [0.2, 0.25) is 0 Å². The number of hydrogen-bond donors (Lipinski definition) is 2. The normalized spacial score (nSPS) is 27.7. The lowest BCUT2D eigenvalue weighted by molar-refractivity contribution is -0.146. The summed E-state index contributed by atoms with van der Waals surface area (Å²) >= 11 is 0. The van der Waals surface area contributed by atoms with E-state index in [1.54, 1.807) is 11.8 Å². The molecule has 0 aromatic rings. The minimum Gasteiger partial charge on any atom is -0.481 e. The maximum atomic E-state index is 12.1. The first-order valence-corrected chi connectivity index (χ1v) is 7.31. The summed E-state index contributed by atoms with van der Waals surface area (Å²) < 4.78 is 0. The lowest BCUT2D eigenvalue weighted by Gasteiger charge is -2.26. The first-order chi connectivity index (χ1) is 9.33. The minimum absolute atomic E-state index is 0.147. The van der Waals surface area contributed by atoms with Crippen molar-refractivity contribution < 1.29 is 14.7 Å². The van der Waals surface area contributed by atoms with Gasteiger partial charge in [0.2, 0.25) is 0 Å². The largest absolute Gasteiger partial charge is 0.481 e. The van der Waals surface area contributed by atoms with Gasteiger partial charge in [0.25, 0.3) is 0 Å². The number of rotatable bonds is 5. The zero-order valence-corrected chi connectivity index (χ0v) is 12.6. The van der Waals surface area contributed by atoms with Crippen molar-refractivity contribution in [1.82, 2.24) is 15.1 Å². The number of nitrogens with zero attached hydrogens (tertiary/aromatic N) is 2. The van der Waals surface area contributed by atoms with E-state index in [9.17, 15) is 9.59 Å². The van der Waals surface area contributed by atoms with Crippen LogP contribution in [0, 0.1) is 5.41 Å². The SMILES string of the molecule is CC(CNC(=O)N1CCC(C)(C(=O)O)C1)N(C)C1CC1. The second kappa shape index (κ2) is 5.60. The van der Waals surface area contributed by atoms with Gasteiger partial charge in [0.1, 0.15) is 0 Å². The Balaban J connectivity index is 1.77. The average molecular weight is 283 g/mol. The van der Waals surface area contributed by atoms with Crippen LogP contribution in [0.3, 0.4) is 0 Å². The topological polar surface area (TPSA) is 72.9 Å². The van der Waals surface area contributed by atoms with E-state index in [4.69, 9.17) is 5.11 Å². The Bertz CT molecular complexity index is 397. The average Bonchev–Trinajstić information content (AvgIpc) is 3.17. The lowest BCUT2D eigenvalue weighted by atomic mass is 9.90. The van der Waals surface area contributed by atoms with Gasteiger partial charge in [-0.2, -0.15) is 0 Å². The molecule has 6 nitrogen and oxygen atoms in total. The van der Waals surface area contributed by atoms with E-state index in [2.05, 4.69) is 24.2 Å². The van der Waals surface area contributed by atoms with Gasteiger partial charge in [-0.25, -0.2) is 4.79 Å². The predicted molar refractivity (Wildman–Crippen MR) is 75.6 cm³/mol. The number of likely N-dealkylation sites (tertiary alicyclic amines) is 1. The van der Waals surface area contributed by atoms with E-state index in [-0.39, 0.29) is 6.03 Å². The van der Waals surface area contributed by atoms with E-state index >= 15 is 0 Å². The molecular weight excluding hydrogens is 258 g/mol. The molecule has 0 aromatic heterocycles. The molecule has 2 N–H and O–H groups in total. The van der Waals surface area contributed by atoms with Gasteiger partial charge in [-0.05, 0) is 40.2 Å². The molecule has 0 spiro atoms. The number of carbonyl (C=O) groups is 2. The molecule has 6 heteroatoms. The standard InChI is InChI=1S/C14H25N3O3/c1-10(16(3)11-4-5-11)8-15-13(20)17-7-6-14(2,9-17)12(18)19/h10-11H,4-9H2,1-3H3,(H,15,20)(H,18,19). The number of carboxylic acid groups (broad SMARTS) is 1. The van der Waals surface area contributed by atoms with Gasteiger partial charge < -0.3 is 15.3 Å². The molecule has 2 amide bonds. The molecule has 1 saturated carbocycles. The van der Waals surface area contributed by atoms with Gasteiger partial charge in [-0.1, -0.05) is 0 Å². The summed E-state index contributed by atoms with van der Waals surface area (Å²) in [7, 11) is 2.09.